The van der Waals surface area contributed by atoms with E-state index in [1.54, 1.807) is 19.1 Å². The number of nitrogens with one attached hydrogen (secondary N) is 1. The van der Waals surface area contributed by atoms with Crippen LogP contribution in [0, 0.1) is 0 Å². The van der Waals surface area contributed by atoms with E-state index in [0.29, 0.717) is 39.0 Å². The van der Waals surface area contributed by atoms with Crippen molar-refractivity contribution in [1.29, 1.82) is 0 Å². The van der Waals surface area contributed by atoms with Crippen molar-refractivity contribution >= 4 is 11.8 Å². The van der Waals surface area contributed by atoms with Crippen LogP contribution >= 0.6 is 0 Å². The van der Waals surface area contributed by atoms with Gasteiger partial charge >= 0.3 is 0 Å². The van der Waals surface area contributed by atoms with Crippen molar-refractivity contribution < 1.29 is 23.8 Å². The Kier molecular flexibility index (Phi) is 11.8. The highest BCUT2D eigenvalue weighted by molar-refractivity contribution is 5.87. The van der Waals surface area contributed by atoms with Gasteiger partial charge in [0.05, 0.1) is 20.8 Å². The van der Waals surface area contributed by atoms with Gasteiger partial charge in [0.15, 0.2) is 0 Å². The maximum atomic E-state index is 13.2. The third-order valence-electron chi connectivity index (χ3n) is 5.59. The summed E-state index contributed by atoms with van der Waals surface area (Å²) in [6, 6.07) is 14.4. The Morgan fingerprint density at radius 1 is 0.882 bits per heavy atom. The number of ether oxygens (including phenoxy) is 3. The number of methoxy groups -OCH3 is 2. The number of nitrogens with zero attached hydrogens (tertiary/aromatic N) is 1. The Morgan fingerprint density at radius 3 is 2.03 bits per heavy atom. The first-order valence-electron chi connectivity index (χ1n) is 12.0. The van der Waals surface area contributed by atoms with Gasteiger partial charge in [-0.3, -0.25) is 9.59 Å². The Bertz CT molecular complexity index is 868. The fraction of sp³-hybridized carbons (Fsp3) is 0.481. The molecule has 0 fully saturated rings. The Balaban J connectivity index is 2.02. The lowest BCUT2D eigenvalue weighted by molar-refractivity contribution is -0.141. The normalized spacial score (nSPS) is 11.4. The van der Waals surface area contributed by atoms with Crippen molar-refractivity contribution in [2.75, 3.05) is 27.4 Å². The molecule has 0 saturated heterocycles. The van der Waals surface area contributed by atoms with Crippen LogP contribution in [0.1, 0.15) is 51.5 Å². The van der Waals surface area contributed by atoms with Crippen LogP contribution in [-0.4, -0.2) is 50.1 Å². The number of benzene rings is 2. The molecule has 0 spiro atoms. The van der Waals surface area contributed by atoms with Crippen molar-refractivity contribution in [3.63, 3.8) is 0 Å². The summed E-state index contributed by atoms with van der Waals surface area (Å²) in [5, 5.41) is 2.98. The molecule has 0 radical (unpaired) electrons. The van der Waals surface area contributed by atoms with Crippen LogP contribution in [0.4, 0.5) is 0 Å². The minimum Gasteiger partial charge on any atom is -0.497 e. The summed E-state index contributed by atoms with van der Waals surface area (Å²) >= 11 is 0. The smallest absolute Gasteiger partial charge is 0.242 e. The predicted octanol–water partition coefficient (Wildman–Crippen LogP) is 4.59. The maximum absolute atomic E-state index is 13.2. The molecule has 0 aliphatic heterocycles. The van der Waals surface area contributed by atoms with Gasteiger partial charge in [0, 0.05) is 19.5 Å². The van der Waals surface area contributed by atoms with Crippen molar-refractivity contribution in [3.05, 3.63) is 54.1 Å². The molecule has 0 heterocycles. The van der Waals surface area contributed by atoms with Gasteiger partial charge in [0.1, 0.15) is 23.3 Å². The minimum atomic E-state index is -0.519. The molecule has 2 aromatic carbocycles. The fourth-order valence-electron chi connectivity index (χ4n) is 3.58. The SMILES string of the molecule is CCCCNC(=O)[C@H](CC)N(Cc1ccc(OC)cc1)C(=O)CCCOc1ccc(OC)cc1. The number of carbonyl (C=O) groups is 2. The second kappa shape index (κ2) is 14.8. The van der Waals surface area contributed by atoms with E-state index in [2.05, 4.69) is 12.2 Å². The molecule has 0 aromatic heterocycles. The van der Waals surface area contributed by atoms with E-state index >= 15 is 0 Å². The number of rotatable bonds is 15. The van der Waals surface area contributed by atoms with Gasteiger partial charge in [-0.1, -0.05) is 32.4 Å². The van der Waals surface area contributed by atoms with Crippen LogP contribution in [0.2, 0.25) is 0 Å². The molecule has 2 aromatic rings. The molecular formula is C27H38N2O5. The van der Waals surface area contributed by atoms with Gasteiger partial charge in [-0.05, 0) is 61.2 Å². The van der Waals surface area contributed by atoms with Gasteiger partial charge in [-0.2, -0.15) is 0 Å². The van der Waals surface area contributed by atoms with Crippen molar-refractivity contribution in [2.45, 2.75) is 58.5 Å². The third kappa shape index (κ3) is 8.61. The molecule has 0 saturated carbocycles. The Labute approximate surface area is 203 Å². The first-order valence-corrected chi connectivity index (χ1v) is 12.0. The van der Waals surface area contributed by atoms with Gasteiger partial charge in [-0.15, -0.1) is 0 Å². The lowest BCUT2D eigenvalue weighted by Crippen LogP contribution is -2.49. The van der Waals surface area contributed by atoms with Crippen LogP contribution in [0.25, 0.3) is 0 Å². The zero-order valence-electron chi connectivity index (χ0n) is 20.8. The number of unbranched alkanes of at least 4 members (excludes halogenated alkanes) is 1. The molecule has 7 heteroatoms. The Morgan fingerprint density at radius 2 is 1.47 bits per heavy atom. The summed E-state index contributed by atoms with van der Waals surface area (Å²) in [5.41, 5.74) is 0.948. The molecule has 0 bridgehead atoms. The summed E-state index contributed by atoms with van der Waals surface area (Å²) in [4.78, 5) is 27.8. The van der Waals surface area contributed by atoms with Crippen LogP contribution in [-0.2, 0) is 16.1 Å². The standard InChI is InChI=1S/C27H38N2O5/c1-5-7-18-28-27(31)25(6-2)29(20-21-10-12-22(32-3)13-11-21)26(30)9-8-19-34-24-16-14-23(33-4)15-17-24/h10-17,25H,5-9,18-20H2,1-4H3,(H,28,31)/t25-/m0/s1. The highest BCUT2D eigenvalue weighted by Gasteiger charge is 2.28. The second-order valence-electron chi connectivity index (χ2n) is 8.07. The lowest BCUT2D eigenvalue weighted by atomic mass is 10.1. The summed E-state index contributed by atoms with van der Waals surface area (Å²) < 4.78 is 16.1. The van der Waals surface area contributed by atoms with Crippen LogP contribution < -0.4 is 19.5 Å². The Hall–Kier alpha value is -3.22. The third-order valence-corrected chi connectivity index (χ3v) is 5.59. The topological polar surface area (TPSA) is 77.1 Å². The molecular weight excluding hydrogens is 432 g/mol. The van der Waals surface area contributed by atoms with Crippen molar-refractivity contribution in [3.8, 4) is 17.2 Å². The molecule has 0 aliphatic rings. The summed E-state index contributed by atoms with van der Waals surface area (Å²) in [7, 11) is 3.24. The first-order chi connectivity index (χ1) is 16.5. The minimum absolute atomic E-state index is 0.0633. The number of carbonyl (C=O) groups excluding carboxylic acids is 2. The average molecular weight is 471 g/mol. The van der Waals surface area contributed by atoms with E-state index in [0.717, 1.165) is 35.7 Å². The fourth-order valence-corrected chi connectivity index (χ4v) is 3.58. The molecule has 1 N–H and O–H groups in total. The summed E-state index contributed by atoms with van der Waals surface area (Å²) in [6.45, 7) is 5.41. The number of amides is 2. The second-order valence-corrected chi connectivity index (χ2v) is 8.07. The van der Waals surface area contributed by atoms with E-state index < -0.39 is 6.04 Å². The van der Waals surface area contributed by atoms with Crippen molar-refractivity contribution in [2.24, 2.45) is 0 Å². The van der Waals surface area contributed by atoms with E-state index in [9.17, 15) is 9.59 Å². The van der Waals surface area contributed by atoms with Gasteiger partial charge in [0.25, 0.3) is 0 Å². The van der Waals surface area contributed by atoms with Crippen molar-refractivity contribution in [1.82, 2.24) is 10.2 Å². The summed E-state index contributed by atoms with van der Waals surface area (Å²) in [5.74, 6) is 2.07. The number of hydrogen-bond donors (Lipinski definition) is 1. The molecule has 7 nitrogen and oxygen atoms in total. The average Bonchev–Trinajstić information content (AvgIpc) is 2.87. The van der Waals surface area contributed by atoms with Gasteiger partial charge in [0.2, 0.25) is 11.8 Å². The van der Waals surface area contributed by atoms with E-state index in [-0.39, 0.29) is 11.8 Å². The van der Waals surface area contributed by atoms with E-state index in [4.69, 9.17) is 14.2 Å². The van der Waals surface area contributed by atoms with Gasteiger partial charge in [-0.25, -0.2) is 0 Å². The van der Waals surface area contributed by atoms with Crippen LogP contribution in [0.3, 0.4) is 0 Å². The van der Waals surface area contributed by atoms with Gasteiger partial charge < -0.3 is 24.4 Å². The molecule has 0 unspecified atom stereocenters. The molecule has 2 amide bonds. The van der Waals surface area contributed by atoms with E-state index in [1.807, 2.05) is 55.5 Å². The highest BCUT2D eigenvalue weighted by Crippen LogP contribution is 2.19. The highest BCUT2D eigenvalue weighted by atomic mass is 16.5. The molecule has 2 rings (SSSR count). The monoisotopic (exact) mass is 470 g/mol. The number of hydrogen-bond acceptors (Lipinski definition) is 5. The lowest BCUT2D eigenvalue weighted by Gasteiger charge is -2.31. The first kappa shape index (κ1) is 27.0. The molecule has 0 aliphatic carbocycles. The van der Waals surface area contributed by atoms with Crippen LogP contribution in [0.5, 0.6) is 17.2 Å². The molecule has 186 valence electrons. The zero-order valence-corrected chi connectivity index (χ0v) is 20.8. The maximum Gasteiger partial charge on any atom is 0.242 e. The predicted molar refractivity (Wildman–Crippen MR) is 133 cm³/mol. The van der Waals surface area contributed by atoms with E-state index in [1.165, 1.54) is 0 Å². The zero-order chi connectivity index (χ0) is 24.8. The molecule has 34 heavy (non-hydrogen) atoms. The van der Waals surface area contributed by atoms with Crippen LogP contribution in [0.15, 0.2) is 48.5 Å². The largest absolute Gasteiger partial charge is 0.497 e. The quantitative estimate of drug-likeness (QED) is 0.386. The molecule has 1 atom stereocenters. The summed E-state index contributed by atoms with van der Waals surface area (Å²) in [6.07, 6.45) is 3.31.